The Morgan fingerprint density at radius 1 is 1.22 bits per heavy atom. The van der Waals surface area contributed by atoms with Crippen LogP contribution in [-0.2, 0) is 9.84 Å². The molecule has 120 valence electrons. The zero-order valence-electron chi connectivity index (χ0n) is 12.9. The van der Waals surface area contributed by atoms with E-state index >= 15 is 0 Å². The molecule has 0 bridgehead atoms. The number of para-hydroxylation sites is 1. The van der Waals surface area contributed by atoms with E-state index in [2.05, 4.69) is 9.97 Å². The third-order valence-electron chi connectivity index (χ3n) is 3.62. The third-order valence-corrected chi connectivity index (χ3v) is 6.85. The molecular formula is C15H15N3O3S2. The summed E-state index contributed by atoms with van der Waals surface area (Å²) in [6.45, 7) is 5.38. The molecule has 2 heterocycles. The number of nitrogens with zero attached hydrogens (tertiary/aromatic N) is 3. The lowest BCUT2D eigenvalue weighted by atomic mass is 10.1. The van der Waals surface area contributed by atoms with E-state index in [0.29, 0.717) is 0 Å². The highest BCUT2D eigenvalue weighted by Crippen LogP contribution is 2.23. The first-order valence-electron chi connectivity index (χ1n) is 7.02. The molecule has 0 saturated carbocycles. The van der Waals surface area contributed by atoms with Gasteiger partial charge in [0, 0.05) is 0 Å². The van der Waals surface area contributed by atoms with Gasteiger partial charge in [-0.2, -0.15) is 0 Å². The van der Waals surface area contributed by atoms with E-state index < -0.39 is 9.84 Å². The Balaban J connectivity index is 2.31. The highest BCUT2D eigenvalue weighted by Gasteiger charge is 2.20. The van der Waals surface area contributed by atoms with E-state index in [9.17, 15) is 13.2 Å². The van der Waals surface area contributed by atoms with Gasteiger partial charge in [0.2, 0.25) is 14.2 Å². The fourth-order valence-corrected chi connectivity index (χ4v) is 4.66. The van der Waals surface area contributed by atoms with Crippen LogP contribution in [0, 0.1) is 13.8 Å². The number of thiazole rings is 1. The van der Waals surface area contributed by atoms with Crippen molar-refractivity contribution in [2.75, 3.05) is 5.75 Å². The topological polar surface area (TPSA) is 81.9 Å². The van der Waals surface area contributed by atoms with Gasteiger partial charge in [0.05, 0.1) is 11.4 Å². The first kappa shape index (κ1) is 15.8. The Kier molecular flexibility index (Phi) is 3.81. The van der Waals surface area contributed by atoms with E-state index in [1.807, 2.05) is 32.0 Å². The standard InChI is InChI=1S/C15H15N3O3S2/c1-4-23(20,21)15-17-13-12(22-15)14(19)18(8-16-13)11-9(2)6-5-7-10(11)3/h5-8H,4H2,1-3H3. The van der Waals surface area contributed by atoms with Crippen LogP contribution in [0.15, 0.2) is 33.7 Å². The largest absolute Gasteiger partial charge is 0.277 e. The zero-order valence-corrected chi connectivity index (χ0v) is 14.5. The summed E-state index contributed by atoms with van der Waals surface area (Å²) in [6.07, 6.45) is 1.40. The predicted octanol–water partition coefficient (Wildman–Crippen LogP) is 2.25. The molecule has 3 rings (SSSR count). The fourth-order valence-electron chi connectivity index (χ4n) is 2.40. The molecule has 2 aromatic heterocycles. The van der Waals surface area contributed by atoms with Crippen molar-refractivity contribution in [1.82, 2.24) is 14.5 Å². The van der Waals surface area contributed by atoms with Crippen LogP contribution in [0.4, 0.5) is 0 Å². The number of benzene rings is 1. The fraction of sp³-hybridized carbons (Fsp3) is 0.267. The number of rotatable bonds is 3. The minimum atomic E-state index is -3.45. The van der Waals surface area contributed by atoms with Gasteiger partial charge in [-0.3, -0.25) is 9.36 Å². The molecule has 0 aliphatic rings. The summed E-state index contributed by atoms with van der Waals surface area (Å²) in [5.41, 5.74) is 2.52. The summed E-state index contributed by atoms with van der Waals surface area (Å²) in [7, 11) is -3.45. The molecule has 0 unspecified atom stereocenters. The van der Waals surface area contributed by atoms with E-state index in [1.54, 1.807) is 6.92 Å². The van der Waals surface area contributed by atoms with Gasteiger partial charge in [0.15, 0.2) is 5.65 Å². The Labute approximate surface area is 137 Å². The van der Waals surface area contributed by atoms with Crippen LogP contribution in [0.1, 0.15) is 18.1 Å². The second-order valence-electron chi connectivity index (χ2n) is 5.20. The van der Waals surface area contributed by atoms with Crippen LogP contribution in [-0.4, -0.2) is 28.7 Å². The number of fused-ring (bicyclic) bond motifs is 1. The molecule has 0 aliphatic carbocycles. The quantitative estimate of drug-likeness (QED) is 0.724. The van der Waals surface area contributed by atoms with Gasteiger partial charge in [-0.1, -0.05) is 36.5 Å². The molecule has 0 spiro atoms. The Morgan fingerprint density at radius 2 is 1.87 bits per heavy atom. The number of aromatic nitrogens is 3. The molecule has 3 aromatic rings. The summed E-state index contributed by atoms with van der Waals surface area (Å²) in [5, 5.41) is 0. The molecule has 0 fully saturated rings. The summed E-state index contributed by atoms with van der Waals surface area (Å²) in [4.78, 5) is 20.9. The highest BCUT2D eigenvalue weighted by molar-refractivity contribution is 7.93. The van der Waals surface area contributed by atoms with Crippen LogP contribution in [0.25, 0.3) is 16.0 Å². The van der Waals surface area contributed by atoms with E-state index in [1.165, 1.54) is 10.9 Å². The number of hydrogen-bond donors (Lipinski definition) is 0. The molecule has 0 N–H and O–H groups in total. The zero-order chi connectivity index (χ0) is 16.8. The molecular weight excluding hydrogens is 334 g/mol. The van der Waals surface area contributed by atoms with Crippen molar-refractivity contribution in [2.24, 2.45) is 0 Å². The highest BCUT2D eigenvalue weighted by atomic mass is 32.2. The number of hydrogen-bond acceptors (Lipinski definition) is 6. The molecule has 0 saturated heterocycles. The van der Waals surface area contributed by atoms with Crippen molar-refractivity contribution in [3.8, 4) is 5.69 Å². The van der Waals surface area contributed by atoms with Crippen LogP contribution >= 0.6 is 11.3 Å². The van der Waals surface area contributed by atoms with Gasteiger partial charge in [-0.05, 0) is 25.0 Å². The van der Waals surface area contributed by atoms with Crippen LogP contribution in [0.5, 0.6) is 0 Å². The molecule has 0 aliphatic heterocycles. The first-order chi connectivity index (χ1) is 10.8. The van der Waals surface area contributed by atoms with Crippen molar-refractivity contribution in [3.05, 3.63) is 46.0 Å². The lowest BCUT2D eigenvalue weighted by molar-refractivity contribution is 0.596. The lowest BCUT2D eigenvalue weighted by Crippen LogP contribution is -2.19. The van der Waals surface area contributed by atoms with E-state index in [4.69, 9.17) is 0 Å². The van der Waals surface area contributed by atoms with Gasteiger partial charge in [-0.15, -0.1) is 0 Å². The molecule has 6 nitrogen and oxygen atoms in total. The average Bonchev–Trinajstić information content (AvgIpc) is 2.95. The Hall–Kier alpha value is -2.06. The second-order valence-corrected chi connectivity index (χ2v) is 8.65. The second kappa shape index (κ2) is 5.54. The van der Waals surface area contributed by atoms with Crippen molar-refractivity contribution < 1.29 is 8.42 Å². The molecule has 8 heteroatoms. The van der Waals surface area contributed by atoms with Gasteiger partial charge in [-0.25, -0.2) is 18.4 Å². The Morgan fingerprint density at radius 3 is 2.48 bits per heavy atom. The normalized spacial score (nSPS) is 12.0. The monoisotopic (exact) mass is 349 g/mol. The SMILES string of the molecule is CCS(=O)(=O)c1nc2ncn(-c3c(C)cccc3C)c(=O)c2s1. The summed E-state index contributed by atoms with van der Waals surface area (Å²) in [5.74, 6) is -0.0576. The molecule has 0 radical (unpaired) electrons. The molecule has 1 aromatic carbocycles. The van der Waals surface area contributed by atoms with Gasteiger partial charge >= 0.3 is 0 Å². The van der Waals surface area contributed by atoms with Crippen molar-refractivity contribution in [2.45, 2.75) is 25.1 Å². The third kappa shape index (κ3) is 2.57. The maximum Gasteiger partial charge on any atom is 0.277 e. The average molecular weight is 349 g/mol. The van der Waals surface area contributed by atoms with E-state index in [-0.39, 0.29) is 26.0 Å². The molecule has 23 heavy (non-hydrogen) atoms. The maximum absolute atomic E-state index is 12.8. The summed E-state index contributed by atoms with van der Waals surface area (Å²) in [6, 6.07) is 5.75. The molecule has 0 atom stereocenters. The summed E-state index contributed by atoms with van der Waals surface area (Å²) < 4.78 is 25.6. The van der Waals surface area contributed by atoms with E-state index in [0.717, 1.165) is 28.2 Å². The van der Waals surface area contributed by atoms with Gasteiger partial charge in [0.1, 0.15) is 11.0 Å². The smallest absolute Gasteiger partial charge is 0.267 e. The summed E-state index contributed by atoms with van der Waals surface area (Å²) >= 11 is 0.881. The Bertz CT molecular complexity index is 1050. The lowest BCUT2D eigenvalue weighted by Gasteiger charge is -2.11. The van der Waals surface area contributed by atoms with Crippen LogP contribution in [0.2, 0.25) is 0 Å². The number of sulfone groups is 1. The van der Waals surface area contributed by atoms with Gasteiger partial charge in [0.25, 0.3) is 5.56 Å². The maximum atomic E-state index is 12.8. The predicted molar refractivity (Wildman–Crippen MR) is 90.2 cm³/mol. The number of aryl methyl sites for hydroxylation is 2. The van der Waals surface area contributed by atoms with Crippen LogP contribution < -0.4 is 5.56 Å². The minimum absolute atomic E-state index is 0.0566. The van der Waals surface area contributed by atoms with Crippen molar-refractivity contribution in [1.29, 1.82) is 0 Å². The minimum Gasteiger partial charge on any atom is -0.267 e. The van der Waals surface area contributed by atoms with Gasteiger partial charge < -0.3 is 0 Å². The van der Waals surface area contributed by atoms with Crippen LogP contribution in [0.3, 0.4) is 0 Å². The first-order valence-corrected chi connectivity index (χ1v) is 9.49. The van der Waals surface area contributed by atoms with Crippen molar-refractivity contribution in [3.63, 3.8) is 0 Å². The molecule has 0 amide bonds. The van der Waals surface area contributed by atoms with Crippen molar-refractivity contribution >= 4 is 31.5 Å².